The molecule has 0 spiro atoms. The van der Waals surface area contributed by atoms with E-state index in [2.05, 4.69) is 16.4 Å². The summed E-state index contributed by atoms with van der Waals surface area (Å²) in [6.07, 6.45) is 0. The number of carbonyl (C=O) groups is 1. The number of likely N-dealkylation sites (N-methyl/N-ethyl adjacent to an activating group) is 1. The fraction of sp³-hybridized carbons (Fsp3) is 0.300. The molecule has 3 aromatic rings. The summed E-state index contributed by atoms with van der Waals surface area (Å²) >= 11 is 1.68. The van der Waals surface area contributed by atoms with Crippen molar-refractivity contribution in [1.29, 1.82) is 0 Å². The molecule has 2 aromatic carbocycles. The van der Waals surface area contributed by atoms with Crippen molar-refractivity contribution in [2.24, 2.45) is 0 Å². The van der Waals surface area contributed by atoms with Crippen molar-refractivity contribution in [2.45, 2.75) is 33.4 Å². The van der Waals surface area contributed by atoms with Gasteiger partial charge in [0.1, 0.15) is 5.01 Å². The SMILES string of the molecule is Cc1cccc(C)c1NC(=O)[C@@H](C)N(C)Cc1nc2ccccc2s1. The average molecular weight is 353 g/mol. The van der Waals surface area contributed by atoms with Gasteiger partial charge < -0.3 is 5.32 Å². The van der Waals surface area contributed by atoms with Crippen LogP contribution in [-0.2, 0) is 11.3 Å². The summed E-state index contributed by atoms with van der Waals surface area (Å²) < 4.78 is 1.18. The number of hydrogen-bond donors (Lipinski definition) is 1. The van der Waals surface area contributed by atoms with Gasteiger partial charge in [-0.05, 0) is 51.1 Å². The molecule has 3 rings (SSSR count). The topological polar surface area (TPSA) is 45.2 Å². The van der Waals surface area contributed by atoms with Gasteiger partial charge in [0, 0.05) is 5.69 Å². The second kappa shape index (κ2) is 7.33. The van der Waals surface area contributed by atoms with E-state index in [1.807, 2.05) is 69.1 Å². The molecule has 0 radical (unpaired) electrons. The molecule has 1 heterocycles. The summed E-state index contributed by atoms with van der Waals surface area (Å²) in [7, 11) is 1.96. The first-order valence-corrected chi connectivity index (χ1v) is 9.19. The van der Waals surface area contributed by atoms with Crippen molar-refractivity contribution in [3.8, 4) is 0 Å². The highest BCUT2D eigenvalue weighted by Gasteiger charge is 2.20. The Morgan fingerprint density at radius 2 is 1.84 bits per heavy atom. The zero-order valence-corrected chi connectivity index (χ0v) is 15.9. The number of rotatable bonds is 5. The first-order valence-electron chi connectivity index (χ1n) is 8.37. The summed E-state index contributed by atoms with van der Waals surface area (Å²) in [6, 6.07) is 13.9. The summed E-state index contributed by atoms with van der Waals surface area (Å²) in [6.45, 7) is 6.60. The highest BCUT2D eigenvalue weighted by atomic mass is 32.1. The highest BCUT2D eigenvalue weighted by Crippen LogP contribution is 2.23. The molecule has 1 aromatic heterocycles. The Morgan fingerprint density at radius 1 is 1.16 bits per heavy atom. The van der Waals surface area contributed by atoms with Gasteiger partial charge >= 0.3 is 0 Å². The molecule has 0 fully saturated rings. The maximum atomic E-state index is 12.7. The molecule has 0 saturated carbocycles. The van der Waals surface area contributed by atoms with Crippen molar-refractivity contribution in [2.75, 3.05) is 12.4 Å². The van der Waals surface area contributed by atoms with Crippen LogP contribution in [0, 0.1) is 13.8 Å². The van der Waals surface area contributed by atoms with Crippen LogP contribution in [0.2, 0.25) is 0 Å². The van der Waals surface area contributed by atoms with E-state index in [0.29, 0.717) is 6.54 Å². The maximum Gasteiger partial charge on any atom is 0.241 e. The number of thiazole rings is 1. The Balaban J connectivity index is 1.69. The Labute approximate surface area is 152 Å². The molecule has 5 heteroatoms. The third-order valence-corrected chi connectivity index (χ3v) is 5.51. The molecule has 130 valence electrons. The van der Waals surface area contributed by atoms with E-state index in [-0.39, 0.29) is 11.9 Å². The van der Waals surface area contributed by atoms with Crippen LogP contribution < -0.4 is 5.32 Å². The molecule has 0 aliphatic heterocycles. The molecule has 4 nitrogen and oxygen atoms in total. The molecule has 1 amide bonds. The number of nitrogens with one attached hydrogen (secondary N) is 1. The molecule has 0 aliphatic carbocycles. The van der Waals surface area contributed by atoms with Crippen molar-refractivity contribution >= 4 is 33.1 Å². The number of fused-ring (bicyclic) bond motifs is 1. The van der Waals surface area contributed by atoms with Gasteiger partial charge in [-0.2, -0.15) is 0 Å². The first kappa shape index (κ1) is 17.6. The van der Waals surface area contributed by atoms with E-state index in [4.69, 9.17) is 0 Å². The summed E-state index contributed by atoms with van der Waals surface area (Å²) in [5.41, 5.74) is 4.08. The molecule has 1 N–H and O–H groups in total. The summed E-state index contributed by atoms with van der Waals surface area (Å²) in [5.74, 6) is 0.000936. The third kappa shape index (κ3) is 3.89. The molecular formula is C20H23N3OS. The predicted molar refractivity (Wildman–Crippen MR) is 105 cm³/mol. The Kier molecular flexibility index (Phi) is 5.16. The monoisotopic (exact) mass is 353 g/mol. The lowest BCUT2D eigenvalue weighted by Crippen LogP contribution is -2.39. The van der Waals surface area contributed by atoms with Crippen LogP contribution in [0.4, 0.5) is 5.69 Å². The Bertz CT molecular complexity index is 850. The zero-order chi connectivity index (χ0) is 18.0. The second-order valence-corrected chi connectivity index (χ2v) is 7.54. The second-order valence-electron chi connectivity index (χ2n) is 6.42. The standard InChI is InChI=1S/C20H23N3OS/c1-13-8-7-9-14(2)19(13)22-20(24)15(3)23(4)12-18-21-16-10-5-6-11-17(16)25-18/h5-11,15H,12H2,1-4H3,(H,22,24)/t15-/m1/s1. The number of para-hydroxylation sites is 2. The van der Waals surface area contributed by atoms with E-state index in [9.17, 15) is 4.79 Å². The highest BCUT2D eigenvalue weighted by molar-refractivity contribution is 7.18. The van der Waals surface area contributed by atoms with Gasteiger partial charge in [0.25, 0.3) is 0 Å². The number of benzene rings is 2. The van der Waals surface area contributed by atoms with Crippen LogP contribution >= 0.6 is 11.3 Å². The molecule has 0 unspecified atom stereocenters. The van der Waals surface area contributed by atoms with Crippen molar-refractivity contribution < 1.29 is 4.79 Å². The van der Waals surface area contributed by atoms with Gasteiger partial charge in [-0.15, -0.1) is 11.3 Å². The summed E-state index contributed by atoms with van der Waals surface area (Å²) in [4.78, 5) is 19.3. The predicted octanol–water partition coefficient (Wildman–Crippen LogP) is 4.37. The number of anilines is 1. The number of aryl methyl sites for hydroxylation is 2. The van der Waals surface area contributed by atoms with Crippen LogP contribution in [0.15, 0.2) is 42.5 Å². The van der Waals surface area contributed by atoms with Crippen LogP contribution in [-0.4, -0.2) is 28.9 Å². The number of hydrogen-bond acceptors (Lipinski definition) is 4. The van der Waals surface area contributed by atoms with Gasteiger partial charge in [-0.1, -0.05) is 30.3 Å². The van der Waals surface area contributed by atoms with Gasteiger partial charge in [0.15, 0.2) is 0 Å². The molecule has 0 aliphatic rings. The third-order valence-electron chi connectivity index (χ3n) is 4.49. The van der Waals surface area contributed by atoms with Crippen LogP contribution in [0.5, 0.6) is 0 Å². The van der Waals surface area contributed by atoms with E-state index in [0.717, 1.165) is 27.3 Å². The normalized spacial score (nSPS) is 12.5. The minimum atomic E-state index is -0.244. The summed E-state index contributed by atoms with van der Waals surface area (Å²) in [5, 5.41) is 4.10. The quantitative estimate of drug-likeness (QED) is 0.741. The largest absolute Gasteiger partial charge is 0.324 e. The number of amides is 1. The van der Waals surface area contributed by atoms with E-state index >= 15 is 0 Å². The van der Waals surface area contributed by atoms with Gasteiger partial charge in [0.05, 0.1) is 22.8 Å². The van der Waals surface area contributed by atoms with E-state index < -0.39 is 0 Å². The Hall–Kier alpha value is -2.24. The lowest BCUT2D eigenvalue weighted by molar-refractivity contribution is -0.120. The van der Waals surface area contributed by atoms with Crippen LogP contribution in [0.1, 0.15) is 23.1 Å². The first-order chi connectivity index (χ1) is 12.0. The zero-order valence-electron chi connectivity index (χ0n) is 15.0. The van der Waals surface area contributed by atoms with Gasteiger partial charge in [-0.3, -0.25) is 9.69 Å². The lowest BCUT2D eigenvalue weighted by Gasteiger charge is -2.23. The number of carbonyl (C=O) groups excluding carboxylic acids is 1. The van der Waals surface area contributed by atoms with Crippen molar-refractivity contribution in [3.05, 3.63) is 58.6 Å². The van der Waals surface area contributed by atoms with Crippen molar-refractivity contribution in [3.63, 3.8) is 0 Å². The molecule has 25 heavy (non-hydrogen) atoms. The molecule has 0 bridgehead atoms. The number of nitrogens with zero attached hydrogens (tertiary/aromatic N) is 2. The molecule has 1 atom stereocenters. The smallest absolute Gasteiger partial charge is 0.241 e. The number of aromatic nitrogens is 1. The molecular weight excluding hydrogens is 330 g/mol. The van der Waals surface area contributed by atoms with Gasteiger partial charge in [0.2, 0.25) is 5.91 Å². The van der Waals surface area contributed by atoms with Crippen molar-refractivity contribution in [1.82, 2.24) is 9.88 Å². The van der Waals surface area contributed by atoms with Gasteiger partial charge in [-0.25, -0.2) is 4.98 Å². The van der Waals surface area contributed by atoms with Crippen LogP contribution in [0.3, 0.4) is 0 Å². The van der Waals surface area contributed by atoms with E-state index in [1.54, 1.807) is 11.3 Å². The molecule has 0 saturated heterocycles. The lowest BCUT2D eigenvalue weighted by atomic mass is 10.1. The Morgan fingerprint density at radius 3 is 2.52 bits per heavy atom. The maximum absolute atomic E-state index is 12.7. The average Bonchev–Trinajstić information content (AvgIpc) is 2.99. The minimum absolute atomic E-state index is 0.000936. The fourth-order valence-corrected chi connectivity index (χ4v) is 3.81. The van der Waals surface area contributed by atoms with Crippen LogP contribution in [0.25, 0.3) is 10.2 Å². The minimum Gasteiger partial charge on any atom is -0.324 e. The van der Waals surface area contributed by atoms with E-state index in [1.165, 1.54) is 4.70 Å². The fourth-order valence-electron chi connectivity index (χ4n) is 2.78.